The van der Waals surface area contributed by atoms with Gasteiger partial charge < -0.3 is 21.5 Å². The number of nitrogen functional groups attached to an aromatic ring is 1. The summed E-state index contributed by atoms with van der Waals surface area (Å²) in [4.78, 5) is 11.0. The van der Waals surface area contributed by atoms with Crippen LogP contribution in [0.5, 0.6) is 5.75 Å². The van der Waals surface area contributed by atoms with Gasteiger partial charge >= 0.3 is 6.61 Å². The van der Waals surface area contributed by atoms with Crippen LogP contribution in [0.3, 0.4) is 0 Å². The number of hydrogen-bond acceptors (Lipinski definition) is 4. The minimum Gasteiger partial charge on any atom is -0.433 e. The maximum Gasteiger partial charge on any atom is 0.387 e. The smallest absolute Gasteiger partial charge is 0.387 e. The summed E-state index contributed by atoms with van der Waals surface area (Å²) >= 11 is 0. The van der Waals surface area contributed by atoms with E-state index in [1.54, 1.807) is 18.2 Å². The number of amides is 1. The molecule has 5 nitrogen and oxygen atoms in total. The van der Waals surface area contributed by atoms with Gasteiger partial charge in [0.15, 0.2) is 0 Å². The molecule has 0 fully saturated rings. The molecule has 0 saturated heterocycles. The van der Waals surface area contributed by atoms with E-state index in [1.807, 2.05) is 0 Å². The van der Waals surface area contributed by atoms with Crippen LogP contribution in [0.4, 0.5) is 25.8 Å². The van der Waals surface area contributed by atoms with E-state index in [9.17, 15) is 13.6 Å². The second kappa shape index (κ2) is 6.08. The normalized spacial score (nSPS) is 10.4. The Labute approximate surface area is 119 Å². The lowest BCUT2D eigenvalue weighted by Gasteiger charge is -2.14. The highest BCUT2D eigenvalue weighted by atomic mass is 19.3. The third kappa shape index (κ3) is 3.59. The molecule has 0 atom stereocenters. The van der Waals surface area contributed by atoms with Crippen molar-refractivity contribution in [1.82, 2.24) is 0 Å². The van der Waals surface area contributed by atoms with Crippen LogP contribution in [0.2, 0.25) is 0 Å². The Balaban J connectivity index is 2.28. The van der Waals surface area contributed by atoms with Crippen LogP contribution >= 0.6 is 0 Å². The van der Waals surface area contributed by atoms with Crippen LogP contribution in [0.15, 0.2) is 42.5 Å². The van der Waals surface area contributed by atoms with Crippen molar-refractivity contribution in [3.63, 3.8) is 0 Å². The molecule has 1 amide bonds. The fourth-order valence-corrected chi connectivity index (χ4v) is 1.74. The first-order valence-corrected chi connectivity index (χ1v) is 5.97. The summed E-state index contributed by atoms with van der Waals surface area (Å²) in [7, 11) is 0. The van der Waals surface area contributed by atoms with Crippen molar-refractivity contribution in [1.29, 1.82) is 0 Å². The number of primary amides is 1. The van der Waals surface area contributed by atoms with Crippen molar-refractivity contribution >= 4 is 23.0 Å². The van der Waals surface area contributed by atoms with Gasteiger partial charge in [-0.2, -0.15) is 8.78 Å². The number of benzene rings is 2. The highest BCUT2D eigenvalue weighted by Crippen LogP contribution is 2.31. The molecule has 0 aromatic heterocycles. The standard InChI is InChI=1S/C14H13F2N3O2/c15-14(16)21-12-4-2-1-3-11(12)19-10-6-5-8(13(18)20)7-9(10)17/h1-7,14,19H,17H2,(H2,18,20). The van der Waals surface area contributed by atoms with Crippen molar-refractivity contribution < 1.29 is 18.3 Å². The van der Waals surface area contributed by atoms with E-state index < -0.39 is 12.5 Å². The monoisotopic (exact) mass is 293 g/mol. The SMILES string of the molecule is NC(=O)c1ccc(Nc2ccccc2OC(F)F)c(N)c1. The van der Waals surface area contributed by atoms with Crippen LogP contribution < -0.4 is 21.5 Å². The van der Waals surface area contributed by atoms with Gasteiger partial charge in [-0.25, -0.2) is 0 Å². The first kappa shape index (κ1) is 14.6. The maximum atomic E-state index is 12.3. The quantitative estimate of drug-likeness (QED) is 0.739. The van der Waals surface area contributed by atoms with E-state index in [2.05, 4.69) is 10.1 Å². The van der Waals surface area contributed by atoms with Crippen molar-refractivity contribution in [2.75, 3.05) is 11.1 Å². The Morgan fingerprint density at radius 2 is 1.86 bits per heavy atom. The molecule has 0 aliphatic rings. The average molecular weight is 293 g/mol. The summed E-state index contributed by atoms with van der Waals surface area (Å²) in [6.07, 6.45) is 0. The van der Waals surface area contributed by atoms with Crippen molar-refractivity contribution in [2.45, 2.75) is 6.61 Å². The lowest BCUT2D eigenvalue weighted by Crippen LogP contribution is -2.11. The van der Waals surface area contributed by atoms with Crippen LogP contribution in [0.1, 0.15) is 10.4 Å². The molecular weight excluding hydrogens is 280 g/mol. The summed E-state index contributed by atoms with van der Waals surface area (Å²) in [5, 5.41) is 2.88. The molecule has 110 valence electrons. The van der Waals surface area contributed by atoms with Gasteiger partial charge in [0.25, 0.3) is 0 Å². The molecule has 21 heavy (non-hydrogen) atoms. The fourth-order valence-electron chi connectivity index (χ4n) is 1.74. The number of alkyl halides is 2. The van der Waals surface area contributed by atoms with Gasteiger partial charge in [-0.05, 0) is 30.3 Å². The Kier molecular flexibility index (Phi) is 4.22. The molecule has 0 saturated carbocycles. The fraction of sp³-hybridized carbons (Fsp3) is 0.0714. The molecule has 7 heteroatoms. The molecule has 0 aliphatic heterocycles. The third-order valence-electron chi connectivity index (χ3n) is 2.71. The number of nitrogens with two attached hydrogens (primary N) is 2. The van der Waals surface area contributed by atoms with Gasteiger partial charge in [0.2, 0.25) is 5.91 Å². The third-order valence-corrected chi connectivity index (χ3v) is 2.71. The van der Waals surface area contributed by atoms with E-state index in [4.69, 9.17) is 11.5 Å². The minimum absolute atomic E-state index is 0.00845. The van der Waals surface area contributed by atoms with Crippen LogP contribution in [-0.2, 0) is 0 Å². The topological polar surface area (TPSA) is 90.4 Å². The maximum absolute atomic E-state index is 12.3. The predicted molar refractivity (Wildman–Crippen MR) is 75.7 cm³/mol. The van der Waals surface area contributed by atoms with E-state index in [-0.39, 0.29) is 17.0 Å². The molecule has 0 unspecified atom stereocenters. The Hall–Kier alpha value is -2.83. The van der Waals surface area contributed by atoms with E-state index in [0.29, 0.717) is 11.4 Å². The first-order valence-electron chi connectivity index (χ1n) is 5.97. The Morgan fingerprint density at radius 1 is 1.14 bits per heavy atom. The number of carbonyl (C=O) groups excluding carboxylic acids is 1. The van der Waals surface area contributed by atoms with Crippen LogP contribution in [0, 0.1) is 0 Å². The predicted octanol–water partition coefficient (Wildman–Crippen LogP) is 2.71. The molecule has 5 N–H and O–H groups in total. The first-order chi connectivity index (χ1) is 9.97. The molecule has 0 bridgehead atoms. The number of ether oxygens (including phenoxy) is 1. The Bertz CT molecular complexity index is 662. The Morgan fingerprint density at radius 3 is 2.48 bits per heavy atom. The zero-order valence-corrected chi connectivity index (χ0v) is 10.8. The molecule has 0 heterocycles. The number of hydrogen-bond donors (Lipinski definition) is 3. The summed E-state index contributed by atoms with van der Waals surface area (Å²) < 4.78 is 29.1. The minimum atomic E-state index is -2.93. The number of para-hydroxylation sites is 2. The summed E-state index contributed by atoms with van der Waals surface area (Å²) in [6, 6.07) is 10.6. The van der Waals surface area contributed by atoms with E-state index in [1.165, 1.54) is 24.3 Å². The zero-order chi connectivity index (χ0) is 15.4. The van der Waals surface area contributed by atoms with Gasteiger partial charge in [-0.3, -0.25) is 4.79 Å². The molecule has 2 aromatic rings. The highest BCUT2D eigenvalue weighted by Gasteiger charge is 2.11. The number of halogens is 2. The second-order valence-corrected chi connectivity index (χ2v) is 4.17. The summed E-state index contributed by atoms with van der Waals surface area (Å²) in [6.45, 7) is -2.93. The van der Waals surface area contributed by atoms with Crippen LogP contribution in [-0.4, -0.2) is 12.5 Å². The lowest BCUT2D eigenvalue weighted by atomic mass is 10.1. The highest BCUT2D eigenvalue weighted by molar-refractivity contribution is 5.95. The summed E-state index contributed by atoms with van der Waals surface area (Å²) in [5.41, 5.74) is 12.2. The molecule has 0 aliphatic carbocycles. The number of anilines is 3. The van der Waals surface area contributed by atoms with Gasteiger partial charge in [-0.15, -0.1) is 0 Å². The van der Waals surface area contributed by atoms with Crippen LogP contribution in [0.25, 0.3) is 0 Å². The van der Waals surface area contributed by atoms with Gasteiger partial charge in [0, 0.05) is 5.56 Å². The van der Waals surface area contributed by atoms with Crippen molar-refractivity contribution in [3.8, 4) is 5.75 Å². The number of nitrogens with one attached hydrogen (secondary N) is 1. The van der Waals surface area contributed by atoms with Gasteiger partial charge in [0.1, 0.15) is 5.75 Å². The largest absolute Gasteiger partial charge is 0.433 e. The van der Waals surface area contributed by atoms with E-state index >= 15 is 0 Å². The van der Waals surface area contributed by atoms with Gasteiger partial charge in [0.05, 0.1) is 17.1 Å². The van der Waals surface area contributed by atoms with Gasteiger partial charge in [-0.1, -0.05) is 12.1 Å². The zero-order valence-electron chi connectivity index (χ0n) is 10.8. The average Bonchev–Trinajstić information content (AvgIpc) is 2.42. The summed E-state index contributed by atoms with van der Waals surface area (Å²) in [5.74, 6) is -0.611. The lowest BCUT2D eigenvalue weighted by molar-refractivity contribution is -0.0493. The molecule has 2 aromatic carbocycles. The molecule has 0 spiro atoms. The number of carbonyl (C=O) groups is 1. The number of rotatable bonds is 5. The second-order valence-electron chi connectivity index (χ2n) is 4.17. The van der Waals surface area contributed by atoms with Crippen molar-refractivity contribution in [2.24, 2.45) is 5.73 Å². The molecule has 2 rings (SSSR count). The molecule has 0 radical (unpaired) electrons. The van der Waals surface area contributed by atoms with Crippen molar-refractivity contribution in [3.05, 3.63) is 48.0 Å². The molecular formula is C14H13F2N3O2. The van der Waals surface area contributed by atoms with E-state index in [0.717, 1.165) is 0 Å².